The second kappa shape index (κ2) is 6.52. The molecule has 3 aromatic rings. The smallest absolute Gasteiger partial charge is 0.234 e. The summed E-state index contributed by atoms with van der Waals surface area (Å²) in [5.74, 6) is 2.14. The number of fused-ring (bicyclic) bond motifs is 1. The molecule has 0 saturated carbocycles. The molecule has 0 saturated heterocycles. The van der Waals surface area contributed by atoms with Crippen LogP contribution in [0.3, 0.4) is 0 Å². The van der Waals surface area contributed by atoms with Crippen molar-refractivity contribution in [3.05, 3.63) is 48.5 Å². The number of nitrogens with one attached hydrogen (secondary N) is 1. The molecule has 2 aromatic heterocycles. The molecule has 25 heavy (non-hydrogen) atoms. The van der Waals surface area contributed by atoms with Gasteiger partial charge in [0.25, 0.3) is 0 Å². The van der Waals surface area contributed by atoms with Crippen molar-refractivity contribution in [3.8, 4) is 11.5 Å². The van der Waals surface area contributed by atoms with Gasteiger partial charge in [-0.15, -0.1) is 10.2 Å². The average molecular weight is 357 g/mol. The van der Waals surface area contributed by atoms with Crippen molar-refractivity contribution in [2.24, 2.45) is 0 Å². The Morgan fingerprint density at radius 1 is 1.24 bits per heavy atom. The first-order valence-electron chi connectivity index (χ1n) is 7.58. The van der Waals surface area contributed by atoms with E-state index in [0.29, 0.717) is 22.3 Å². The van der Waals surface area contributed by atoms with Crippen molar-refractivity contribution in [2.75, 3.05) is 17.9 Å². The zero-order valence-corrected chi connectivity index (χ0v) is 14.2. The molecule has 128 valence electrons. The lowest BCUT2D eigenvalue weighted by atomic mass is 10.3. The Hall–Kier alpha value is -2.94. The Balaban J connectivity index is 1.41. The number of aryl methyl sites for hydroxylation is 1. The summed E-state index contributed by atoms with van der Waals surface area (Å²) in [7, 11) is 0. The topological polar surface area (TPSA) is 83.2 Å². The number of ether oxygens (including phenoxy) is 2. The molecular formula is C16H15N5O3S. The number of hydrogen-bond acceptors (Lipinski definition) is 6. The summed E-state index contributed by atoms with van der Waals surface area (Å²) in [4.78, 5) is 12.2. The van der Waals surface area contributed by atoms with Gasteiger partial charge in [-0.3, -0.25) is 9.47 Å². The summed E-state index contributed by atoms with van der Waals surface area (Å²) >= 11 is 1.32. The Kier molecular flexibility index (Phi) is 4.06. The maximum absolute atomic E-state index is 12.2. The maximum Gasteiger partial charge on any atom is 0.234 e. The van der Waals surface area contributed by atoms with Crippen LogP contribution in [-0.4, -0.2) is 38.0 Å². The zero-order chi connectivity index (χ0) is 17.2. The van der Waals surface area contributed by atoms with Gasteiger partial charge in [0, 0.05) is 24.1 Å². The predicted molar refractivity (Wildman–Crippen MR) is 91.9 cm³/mol. The highest BCUT2D eigenvalue weighted by Crippen LogP contribution is 2.34. The van der Waals surface area contributed by atoms with Gasteiger partial charge in [0.1, 0.15) is 0 Å². The minimum atomic E-state index is -0.136. The lowest BCUT2D eigenvalue weighted by molar-refractivity contribution is -0.113. The normalized spacial score (nSPS) is 12.4. The van der Waals surface area contributed by atoms with Crippen LogP contribution in [0, 0.1) is 6.92 Å². The van der Waals surface area contributed by atoms with E-state index in [0.717, 1.165) is 5.82 Å². The molecule has 0 spiro atoms. The average Bonchev–Trinajstić information content (AvgIpc) is 3.33. The molecule has 0 atom stereocenters. The van der Waals surface area contributed by atoms with Gasteiger partial charge in [0.15, 0.2) is 17.3 Å². The van der Waals surface area contributed by atoms with E-state index in [2.05, 4.69) is 15.5 Å². The van der Waals surface area contributed by atoms with Crippen LogP contribution in [0.5, 0.6) is 11.5 Å². The number of carbonyl (C=O) groups is 1. The van der Waals surface area contributed by atoms with E-state index in [1.807, 2.05) is 40.8 Å². The fourth-order valence-corrected chi connectivity index (χ4v) is 3.23. The monoisotopic (exact) mass is 357 g/mol. The minimum absolute atomic E-state index is 0.136. The Labute approximate surface area is 147 Å². The standard InChI is InChI=1S/C16H15N5O3S/c1-11-18-19-16(21(11)20-6-2-3-7-20)25-9-15(22)17-12-4-5-13-14(8-12)24-10-23-13/h2-8H,9-10H2,1H3,(H,17,22). The van der Waals surface area contributed by atoms with Crippen LogP contribution < -0.4 is 14.8 Å². The summed E-state index contributed by atoms with van der Waals surface area (Å²) in [6.45, 7) is 2.07. The first-order valence-corrected chi connectivity index (χ1v) is 8.57. The molecule has 0 unspecified atom stereocenters. The van der Waals surface area contributed by atoms with E-state index in [4.69, 9.17) is 9.47 Å². The lowest BCUT2D eigenvalue weighted by Crippen LogP contribution is -2.15. The van der Waals surface area contributed by atoms with Crippen molar-refractivity contribution >= 4 is 23.4 Å². The van der Waals surface area contributed by atoms with Crippen LogP contribution >= 0.6 is 11.8 Å². The maximum atomic E-state index is 12.2. The van der Waals surface area contributed by atoms with Gasteiger partial charge < -0.3 is 14.8 Å². The summed E-state index contributed by atoms with van der Waals surface area (Å²) in [5.41, 5.74) is 0.665. The first-order chi connectivity index (χ1) is 12.2. The SMILES string of the molecule is Cc1nnc(SCC(=O)Nc2ccc3c(c2)OCO3)n1-n1cccc1. The molecule has 4 rings (SSSR count). The fourth-order valence-electron chi connectivity index (χ4n) is 2.45. The van der Waals surface area contributed by atoms with Crippen LogP contribution in [0.4, 0.5) is 5.69 Å². The van der Waals surface area contributed by atoms with Crippen molar-refractivity contribution < 1.29 is 14.3 Å². The number of benzene rings is 1. The molecule has 0 radical (unpaired) electrons. The van der Waals surface area contributed by atoms with E-state index in [1.165, 1.54) is 11.8 Å². The van der Waals surface area contributed by atoms with Gasteiger partial charge in [0.05, 0.1) is 5.75 Å². The molecule has 1 N–H and O–H groups in total. The Morgan fingerprint density at radius 3 is 2.88 bits per heavy atom. The molecule has 3 heterocycles. The number of nitrogens with zero attached hydrogens (tertiary/aromatic N) is 4. The zero-order valence-electron chi connectivity index (χ0n) is 13.4. The Morgan fingerprint density at radius 2 is 2.04 bits per heavy atom. The van der Waals surface area contributed by atoms with Crippen molar-refractivity contribution in [2.45, 2.75) is 12.1 Å². The summed E-state index contributed by atoms with van der Waals surface area (Å²) in [6, 6.07) is 9.14. The third kappa shape index (κ3) is 3.18. The van der Waals surface area contributed by atoms with E-state index >= 15 is 0 Å². The number of rotatable bonds is 5. The van der Waals surface area contributed by atoms with E-state index < -0.39 is 0 Å². The van der Waals surface area contributed by atoms with Crippen LogP contribution in [0.1, 0.15) is 5.82 Å². The third-order valence-corrected chi connectivity index (χ3v) is 4.50. The van der Waals surface area contributed by atoms with Crippen LogP contribution in [0.25, 0.3) is 0 Å². The predicted octanol–water partition coefficient (Wildman–Crippen LogP) is 2.16. The number of amides is 1. The number of thioether (sulfide) groups is 1. The van der Waals surface area contributed by atoms with Crippen molar-refractivity contribution in [1.29, 1.82) is 0 Å². The second-order valence-electron chi connectivity index (χ2n) is 5.31. The van der Waals surface area contributed by atoms with E-state index in [9.17, 15) is 4.79 Å². The quantitative estimate of drug-likeness (QED) is 0.705. The molecule has 0 fully saturated rings. The molecule has 8 nitrogen and oxygen atoms in total. The molecule has 9 heteroatoms. The molecule has 0 aliphatic carbocycles. The summed E-state index contributed by atoms with van der Waals surface area (Å²) in [6.07, 6.45) is 3.79. The molecule has 1 aromatic carbocycles. The largest absolute Gasteiger partial charge is 0.454 e. The fraction of sp³-hybridized carbons (Fsp3) is 0.188. The van der Waals surface area contributed by atoms with Crippen LogP contribution in [-0.2, 0) is 4.79 Å². The van der Waals surface area contributed by atoms with Crippen molar-refractivity contribution in [3.63, 3.8) is 0 Å². The lowest BCUT2D eigenvalue weighted by Gasteiger charge is -2.09. The van der Waals surface area contributed by atoms with E-state index in [-0.39, 0.29) is 18.5 Å². The summed E-state index contributed by atoms with van der Waals surface area (Å²) < 4.78 is 14.3. The van der Waals surface area contributed by atoms with Gasteiger partial charge in [-0.2, -0.15) is 0 Å². The minimum Gasteiger partial charge on any atom is -0.454 e. The molecule has 1 amide bonds. The van der Waals surface area contributed by atoms with Gasteiger partial charge in [0.2, 0.25) is 17.9 Å². The highest BCUT2D eigenvalue weighted by molar-refractivity contribution is 7.99. The third-order valence-electron chi connectivity index (χ3n) is 3.58. The number of aromatic nitrogens is 4. The first kappa shape index (κ1) is 15.6. The molecule has 1 aliphatic rings. The highest BCUT2D eigenvalue weighted by Gasteiger charge is 2.16. The summed E-state index contributed by atoms with van der Waals surface area (Å²) in [5, 5.41) is 11.7. The number of anilines is 1. The van der Waals surface area contributed by atoms with Gasteiger partial charge in [-0.1, -0.05) is 11.8 Å². The molecule has 1 aliphatic heterocycles. The highest BCUT2D eigenvalue weighted by atomic mass is 32.2. The van der Waals surface area contributed by atoms with Gasteiger partial charge >= 0.3 is 0 Å². The van der Waals surface area contributed by atoms with Gasteiger partial charge in [-0.25, -0.2) is 4.68 Å². The van der Waals surface area contributed by atoms with Crippen LogP contribution in [0.2, 0.25) is 0 Å². The second-order valence-corrected chi connectivity index (χ2v) is 6.25. The van der Waals surface area contributed by atoms with E-state index in [1.54, 1.807) is 18.2 Å². The van der Waals surface area contributed by atoms with Crippen LogP contribution in [0.15, 0.2) is 47.9 Å². The van der Waals surface area contributed by atoms with Crippen molar-refractivity contribution in [1.82, 2.24) is 19.5 Å². The van der Waals surface area contributed by atoms with Gasteiger partial charge in [-0.05, 0) is 31.2 Å². The molecule has 0 bridgehead atoms. The molecular weight excluding hydrogens is 342 g/mol. The number of hydrogen-bond donors (Lipinski definition) is 1. The Bertz CT molecular complexity index is 907. The number of carbonyl (C=O) groups excluding carboxylic acids is 1.